The Balaban J connectivity index is 0.00000220. The molecule has 0 aromatic heterocycles. The molecule has 21 heavy (non-hydrogen) atoms. The zero-order valence-electron chi connectivity index (χ0n) is 12.0. The summed E-state index contributed by atoms with van der Waals surface area (Å²) >= 11 is 6.02. The third kappa shape index (κ3) is 5.36. The highest BCUT2D eigenvalue weighted by molar-refractivity contribution is 6.32. The van der Waals surface area contributed by atoms with Crippen LogP contribution in [0.5, 0.6) is 5.75 Å². The predicted molar refractivity (Wildman–Crippen MR) is 87.5 cm³/mol. The summed E-state index contributed by atoms with van der Waals surface area (Å²) in [6.07, 6.45) is 2.08. The molecule has 118 valence electrons. The molecule has 1 fully saturated rings. The predicted octanol–water partition coefficient (Wildman–Crippen LogP) is 2.13. The highest BCUT2D eigenvalue weighted by Crippen LogP contribution is 2.27. The van der Waals surface area contributed by atoms with Gasteiger partial charge in [-0.15, -0.1) is 12.4 Å². The maximum Gasteiger partial charge on any atom is 0.238 e. The molecule has 5 nitrogen and oxygen atoms in total. The fourth-order valence-corrected chi connectivity index (χ4v) is 2.64. The van der Waals surface area contributed by atoms with Crippen molar-refractivity contribution in [1.29, 1.82) is 0 Å². The van der Waals surface area contributed by atoms with Gasteiger partial charge in [0.2, 0.25) is 5.91 Å². The zero-order valence-corrected chi connectivity index (χ0v) is 13.5. The van der Waals surface area contributed by atoms with Gasteiger partial charge in [0, 0.05) is 18.3 Å². The number of carbonyl (C=O) groups excluding carboxylic acids is 1. The fourth-order valence-electron chi connectivity index (χ4n) is 2.38. The molecule has 2 rings (SSSR count). The van der Waals surface area contributed by atoms with Crippen molar-refractivity contribution in [3.63, 3.8) is 0 Å². The molecule has 0 radical (unpaired) electrons. The largest absolute Gasteiger partial charge is 0.495 e. The van der Waals surface area contributed by atoms with Crippen LogP contribution in [0.1, 0.15) is 12.8 Å². The molecule has 0 saturated carbocycles. The number of anilines is 1. The molecule has 1 amide bonds. The van der Waals surface area contributed by atoms with Gasteiger partial charge in [-0.25, -0.2) is 0 Å². The Kier molecular flexibility index (Phi) is 7.25. The number of likely N-dealkylation sites (tertiary alicyclic amines) is 1. The van der Waals surface area contributed by atoms with Gasteiger partial charge in [-0.2, -0.15) is 0 Å². The van der Waals surface area contributed by atoms with E-state index in [4.69, 9.17) is 22.1 Å². The van der Waals surface area contributed by atoms with Gasteiger partial charge in [-0.3, -0.25) is 9.69 Å². The molecule has 1 aromatic rings. The van der Waals surface area contributed by atoms with Crippen molar-refractivity contribution in [2.75, 3.05) is 32.1 Å². The summed E-state index contributed by atoms with van der Waals surface area (Å²) in [5.41, 5.74) is 6.57. The van der Waals surface area contributed by atoms with E-state index in [-0.39, 0.29) is 24.4 Å². The normalized spacial score (nSPS) is 18.7. The number of hydrogen-bond acceptors (Lipinski definition) is 4. The first-order chi connectivity index (χ1) is 9.58. The molecular formula is C14H21Cl2N3O2. The first kappa shape index (κ1) is 18.0. The SMILES string of the molecule is COc1ccc(NC(=O)CN2CCCC(N)C2)cc1Cl.Cl. The van der Waals surface area contributed by atoms with Gasteiger partial charge < -0.3 is 15.8 Å². The Morgan fingerprint density at radius 1 is 1.57 bits per heavy atom. The van der Waals surface area contributed by atoms with E-state index in [2.05, 4.69) is 10.2 Å². The standard InChI is InChI=1S/C14H20ClN3O2.ClH/c1-20-13-5-4-11(7-12(13)15)17-14(19)9-18-6-2-3-10(16)8-18;/h4-5,7,10H,2-3,6,8-9,16H2,1H3,(H,17,19);1H. The Morgan fingerprint density at radius 2 is 2.33 bits per heavy atom. The summed E-state index contributed by atoms with van der Waals surface area (Å²) in [6, 6.07) is 5.35. The number of methoxy groups -OCH3 is 1. The Labute approximate surface area is 136 Å². The van der Waals surface area contributed by atoms with Crippen molar-refractivity contribution < 1.29 is 9.53 Å². The van der Waals surface area contributed by atoms with Crippen molar-refractivity contribution in [3.05, 3.63) is 23.2 Å². The van der Waals surface area contributed by atoms with Crippen LogP contribution in [0, 0.1) is 0 Å². The van der Waals surface area contributed by atoms with Crippen molar-refractivity contribution in [3.8, 4) is 5.75 Å². The topological polar surface area (TPSA) is 67.6 Å². The number of hydrogen-bond donors (Lipinski definition) is 2. The van der Waals surface area contributed by atoms with E-state index in [0.717, 1.165) is 25.9 Å². The highest BCUT2D eigenvalue weighted by Gasteiger charge is 2.18. The molecular weight excluding hydrogens is 313 g/mol. The summed E-state index contributed by atoms with van der Waals surface area (Å²) in [4.78, 5) is 14.1. The van der Waals surface area contributed by atoms with Gasteiger partial charge in [0.05, 0.1) is 18.7 Å². The van der Waals surface area contributed by atoms with Crippen molar-refractivity contribution in [1.82, 2.24) is 4.90 Å². The third-order valence-corrected chi connectivity index (χ3v) is 3.64. The van der Waals surface area contributed by atoms with Crippen LogP contribution in [0.2, 0.25) is 5.02 Å². The first-order valence-electron chi connectivity index (χ1n) is 6.70. The molecule has 1 heterocycles. The maximum atomic E-state index is 12.0. The number of carbonyl (C=O) groups is 1. The number of benzene rings is 1. The second-order valence-electron chi connectivity index (χ2n) is 5.03. The lowest BCUT2D eigenvalue weighted by atomic mass is 10.1. The molecule has 7 heteroatoms. The van der Waals surface area contributed by atoms with Crippen LogP contribution in [0.4, 0.5) is 5.69 Å². The van der Waals surface area contributed by atoms with E-state index in [9.17, 15) is 4.79 Å². The first-order valence-corrected chi connectivity index (χ1v) is 7.07. The van der Waals surface area contributed by atoms with Crippen molar-refractivity contribution in [2.24, 2.45) is 5.73 Å². The molecule has 1 aliphatic heterocycles. The second-order valence-corrected chi connectivity index (χ2v) is 5.44. The van der Waals surface area contributed by atoms with Gasteiger partial charge in [0.25, 0.3) is 0 Å². The van der Waals surface area contributed by atoms with Gasteiger partial charge in [-0.1, -0.05) is 11.6 Å². The lowest BCUT2D eigenvalue weighted by Gasteiger charge is -2.29. The summed E-state index contributed by atoms with van der Waals surface area (Å²) in [5.74, 6) is 0.534. The summed E-state index contributed by atoms with van der Waals surface area (Å²) in [6.45, 7) is 2.05. The van der Waals surface area contributed by atoms with Gasteiger partial charge in [-0.05, 0) is 37.6 Å². The van der Waals surface area contributed by atoms with Crippen LogP contribution in [0.25, 0.3) is 0 Å². The maximum absolute atomic E-state index is 12.0. The van der Waals surface area contributed by atoms with E-state index in [1.807, 2.05) is 0 Å². The molecule has 0 bridgehead atoms. The van der Waals surface area contributed by atoms with E-state index >= 15 is 0 Å². The number of piperidine rings is 1. The minimum absolute atomic E-state index is 0. The van der Waals surface area contributed by atoms with Crippen LogP contribution in [-0.2, 0) is 4.79 Å². The number of nitrogens with one attached hydrogen (secondary N) is 1. The van der Waals surface area contributed by atoms with E-state index in [1.54, 1.807) is 25.3 Å². The third-order valence-electron chi connectivity index (χ3n) is 3.34. The lowest BCUT2D eigenvalue weighted by molar-refractivity contribution is -0.117. The summed E-state index contributed by atoms with van der Waals surface area (Å²) in [5, 5.41) is 3.31. The number of amides is 1. The van der Waals surface area contributed by atoms with Crippen LogP contribution < -0.4 is 15.8 Å². The average Bonchev–Trinajstić information content (AvgIpc) is 2.38. The summed E-state index contributed by atoms with van der Waals surface area (Å²) in [7, 11) is 1.55. The van der Waals surface area contributed by atoms with Crippen molar-refractivity contribution >= 4 is 35.6 Å². The molecule has 0 aliphatic carbocycles. The van der Waals surface area contributed by atoms with E-state index in [0.29, 0.717) is 23.0 Å². The van der Waals surface area contributed by atoms with Crippen LogP contribution in [0.15, 0.2) is 18.2 Å². The average molecular weight is 334 g/mol. The molecule has 1 saturated heterocycles. The fraction of sp³-hybridized carbons (Fsp3) is 0.500. The van der Waals surface area contributed by atoms with Crippen molar-refractivity contribution in [2.45, 2.75) is 18.9 Å². The van der Waals surface area contributed by atoms with Gasteiger partial charge in [0.15, 0.2) is 0 Å². The smallest absolute Gasteiger partial charge is 0.238 e. The number of halogens is 2. The van der Waals surface area contributed by atoms with E-state index in [1.165, 1.54) is 0 Å². The quantitative estimate of drug-likeness (QED) is 0.885. The minimum atomic E-state index is -0.0552. The molecule has 1 unspecified atom stereocenters. The Bertz CT molecular complexity index is 485. The summed E-state index contributed by atoms with van der Waals surface area (Å²) < 4.78 is 5.07. The second kappa shape index (κ2) is 8.44. The zero-order chi connectivity index (χ0) is 14.5. The molecule has 1 atom stereocenters. The Morgan fingerprint density at radius 3 is 2.95 bits per heavy atom. The Hall–Kier alpha value is -1.01. The molecule has 0 spiro atoms. The molecule has 1 aromatic carbocycles. The van der Waals surface area contributed by atoms with Crippen LogP contribution in [0.3, 0.4) is 0 Å². The number of ether oxygens (including phenoxy) is 1. The monoisotopic (exact) mass is 333 g/mol. The number of rotatable bonds is 4. The minimum Gasteiger partial charge on any atom is -0.495 e. The molecule has 1 aliphatic rings. The van der Waals surface area contributed by atoms with Crippen LogP contribution in [-0.4, -0.2) is 43.6 Å². The van der Waals surface area contributed by atoms with Crippen LogP contribution >= 0.6 is 24.0 Å². The lowest BCUT2D eigenvalue weighted by Crippen LogP contribution is -2.45. The van der Waals surface area contributed by atoms with Gasteiger partial charge in [0.1, 0.15) is 5.75 Å². The highest BCUT2D eigenvalue weighted by atomic mass is 35.5. The molecule has 3 N–H and O–H groups in total. The number of nitrogens with two attached hydrogens (primary N) is 1. The van der Waals surface area contributed by atoms with Gasteiger partial charge >= 0.3 is 0 Å². The number of nitrogens with zero attached hydrogens (tertiary/aromatic N) is 1. The van der Waals surface area contributed by atoms with E-state index < -0.39 is 0 Å².